The lowest BCUT2D eigenvalue weighted by Crippen LogP contribution is -2.19. The number of benzene rings is 2. The molecule has 2 unspecified atom stereocenters. The van der Waals surface area contributed by atoms with Gasteiger partial charge in [-0.25, -0.2) is 0 Å². The maximum Gasteiger partial charge on any atom is 0.235 e. The van der Waals surface area contributed by atoms with Gasteiger partial charge in [-0.3, -0.25) is 9.13 Å². The van der Waals surface area contributed by atoms with E-state index in [0.717, 1.165) is 0 Å². The zero-order chi connectivity index (χ0) is 25.2. The third-order valence-electron chi connectivity index (χ3n) is 5.16. The standard InChI is InChI=1S/C24H36O8P2/c1-19(2)33(25,26)23-11-7-5-9-21(23)31-17-15-29-13-14-30-16-18-32-22-10-6-8-12-24(22)34(27,28)20(3)4/h5-12,19-20H,13-18H2,1-4H3,(H,25,26)(H,27,28). The van der Waals surface area contributed by atoms with Crippen LogP contribution >= 0.6 is 14.7 Å². The summed E-state index contributed by atoms with van der Waals surface area (Å²) in [5, 5.41) is 0.640. The molecule has 0 bridgehead atoms. The molecule has 190 valence electrons. The highest BCUT2D eigenvalue weighted by molar-refractivity contribution is 7.67. The average Bonchev–Trinajstić information content (AvgIpc) is 2.80. The first-order chi connectivity index (χ1) is 16.1. The van der Waals surface area contributed by atoms with Crippen molar-refractivity contribution in [3.63, 3.8) is 0 Å². The predicted octanol–water partition coefficient (Wildman–Crippen LogP) is 3.79. The van der Waals surface area contributed by atoms with Gasteiger partial charge < -0.3 is 28.7 Å². The lowest BCUT2D eigenvalue weighted by Gasteiger charge is -2.19. The van der Waals surface area contributed by atoms with Crippen LogP contribution in [0.3, 0.4) is 0 Å². The topological polar surface area (TPSA) is 112 Å². The van der Waals surface area contributed by atoms with Crippen molar-refractivity contribution in [3.8, 4) is 11.5 Å². The monoisotopic (exact) mass is 514 g/mol. The lowest BCUT2D eigenvalue weighted by atomic mass is 10.3. The van der Waals surface area contributed by atoms with E-state index >= 15 is 0 Å². The number of rotatable bonds is 15. The zero-order valence-electron chi connectivity index (χ0n) is 20.3. The molecule has 2 aromatic carbocycles. The van der Waals surface area contributed by atoms with E-state index in [1.807, 2.05) is 0 Å². The highest BCUT2D eigenvalue weighted by atomic mass is 31.2. The van der Waals surface area contributed by atoms with E-state index in [4.69, 9.17) is 18.9 Å². The van der Waals surface area contributed by atoms with E-state index < -0.39 is 26.1 Å². The molecule has 0 saturated carbocycles. The minimum Gasteiger partial charge on any atom is -0.490 e. The summed E-state index contributed by atoms with van der Waals surface area (Å²) in [7, 11) is -7.00. The zero-order valence-corrected chi connectivity index (χ0v) is 22.0. The van der Waals surface area contributed by atoms with Gasteiger partial charge in [0.15, 0.2) is 0 Å². The van der Waals surface area contributed by atoms with Crippen LogP contribution in [0.15, 0.2) is 48.5 Å². The van der Waals surface area contributed by atoms with Crippen LogP contribution in [0.5, 0.6) is 11.5 Å². The summed E-state index contributed by atoms with van der Waals surface area (Å²) in [4.78, 5) is 20.7. The van der Waals surface area contributed by atoms with Gasteiger partial charge >= 0.3 is 0 Å². The lowest BCUT2D eigenvalue weighted by molar-refractivity contribution is 0.0275. The van der Waals surface area contributed by atoms with Crippen LogP contribution in [-0.4, -0.2) is 60.7 Å². The highest BCUT2D eigenvalue weighted by Crippen LogP contribution is 2.47. The average molecular weight is 514 g/mol. The molecule has 8 nitrogen and oxygen atoms in total. The Morgan fingerprint density at radius 1 is 0.618 bits per heavy atom. The summed E-state index contributed by atoms with van der Waals surface area (Å²) in [6.07, 6.45) is 0. The molecule has 2 N–H and O–H groups in total. The molecule has 0 radical (unpaired) electrons. The van der Waals surface area contributed by atoms with Gasteiger partial charge in [-0.2, -0.15) is 0 Å². The van der Waals surface area contributed by atoms with E-state index in [0.29, 0.717) is 48.5 Å². The van der Waals surface area contributed by atoms with Gasteiger partial charge in [0, 0.05) is 11.3 Å². The van der Waals surface area contributed by atoms with Crippen molar-refractivity contribution in [2.75, 3.05) is 39.6 Å². The second-order valence-corrected chi connectivity index (χ2v) is 13.8. The molecule has 0 heterocycles. The third kappa shape index (κ3) is 7.94. The molecule has 0 fully saturated rings. The van der Waals surface area contributed by atoms with E-state index in [9.17, 15) is 18.9 Å². The smallest absolute Gasteiger partial charge is 0.235 e. The first-order valence-electron chi connectivity index (χ1n) is 11.3. The van der Waals surface area contributed by atoms with Gasteiger partial charge in [-0.05, 0) is 24.3 Å². The fourth-order valence-electron chi connectivity index (χ4n) is 2.99. The van der Waals surface area contributed by atoms with E-state index in [1.165, 1.54) is 0 Å². The maximum atomic E-state index is 12.6. The van der Waals surface area contributed by atoms with Gasteiger partial charge in [0.1, 0.15) is 24.7 Å². The van der Waals surface area contributed by atoms with Crippen LogP contribution in [0.1, 0.15) is 27.7 Å². The van der Waals surface area contributed by atoms with Crippen molar-refractivity contribution in [1.82, 2.24) is 0 Å². The molecule has 10 heteroatoms. The van der Waals surface area contributed by atoms with Gasteiger partial charge in [0.05, 0.1) is 37.0 Å². The van der Waals surface area contributed by atoms with Crippen molar-refractivity contribution in [1.29, 1.82) is 0 Å². The van der Waals surface area contributed by atoms with E-state index in [2.05, 4.69) is 0 Å². The summed E-state index contributed by atoms with van der Waals surface area (Å²) in [6.45, 7) is 8.64. The predicted molar refractivity (Wildman–Crippen MR) is 135 cm³/mol. The maximum absolute atomic E-state index is 12.6. The third-order valence-corrected chi connectivity index (χ3v) is 10.1. The molecule has 0 aliphatic heterocycles. The Hall–Kier alpha value is -1.66. The molecule has 2 atom stereocenters. The van der Waals surface area contributed by atoms with Crippen molar-refractivity contribution < 1.29 is 37.9 Å². The van der Waals surface area contributed by atoms with Crippen LogP contribution < -0.4 is 20.1 Å². The van der Waals surface area contributed by atoms with Crippen LogP contribution in [-0.2, 0) is 18.6 Å². The van der Waals surface area contributed by atoms with Crippen molar-refractivity contribution in [2.45, 2.75) is 39.0 Å². The Morgan fingerprint density at radius 3 is 1.29 bits per heavy atom. The first-order valence-corrected chi connectivity index (χ1v) is 14.8. The van der Waals surface area contributed by atoms with Crippen LogP contribution in [0.2, 0.25) is 0 Å². The number of para-hydroxylation sites is 2. The fourth-order valence-corrected chi connectivity index (χ4v) is 5.61. The Labute approximate surface area is 202 Å². The second kappa shape index (κ2) is 13.4. The minimum absolute atomic E-state index is 0.242. The molecule has 0 aromatic heterocycles. The Kier molecular flexibility index (Phi) is 11.3. The molecule has 2 rings (SSSR count). The Balaban J connectivity index is 1.65. The van der Waals surface area contributed by atoms with Gasteiger partial charge in [-0.15, -0.1) is 0 Å². The molecule has 0 amide bonds. The number of hydrogen-bond donors (Lipinski definition) is 2. The summed E-state index contributed by atoms with van der Waals surface area (Å²) < 4.78 is 47.5. The molecular weight excluding hydrogens is 478 g/mol. The van der Waals surface area contributed by atoms with Crippen molar-refractivity contribution in [2.24, 2.45) is 0 Å². The Bertz CT molecular complexity index is 913. The Morgan fingerprint density at radius 2 is 0.941 bits per heavy atom. The normalized spacial score (nSPS) is 15.2. The van der Waals surface area contributed by atoms with Crippen LogP contribution in [0, 0.1) is 0 Å². The molecule has 0 saturated heterocycles. The largest absolute Gasteiger partial charge is 0.490 e. The van der Waals surface area contributed by atoms with Gasteiger partial charge in [-0.1, -0.05) is 52.0 Å². The van der Waals surface area contributed by atoms with Crippen LogP contribution in [0.4, 0.5) is 0 Å². The summed E-state index contributed by atoms with van der Waals surface area (Å²) in [5.74, 6) is 0.786. The SMILES string of the molecule is CC(C)P(=O)(O)c1ccccc1OCCOCCOCCOc1ccccc1P(=O)(O)C(C)C. The molecule has 0 aliphatic carbocycles. The van der Waals surface area contributed by atoms with Crippen molar-refractivity contribution >= 4 is 25.3 Å². The first kappa shape index (κ1) is 28.6. The number of hydrogen-bond acceptors (Lipinski definition) is 6. The molecular formula is C24H36O8P2. The molecule has 34 heavy (non-hydrogen) atoms. The summed E-state index contributed by atoms with van der Waals surface area (Å²) in [6, 6.07) is 13.6. The van der Waals surface area contributed by atoms with E-state index in [-0.39, 0.29) is 13.2 Å². The molecule has 2 aromatic rings. The molecule has 0 spiro atoms. The van der Waals surface area contributed by atoms with Crippen molar-refractivity contribution in [3.05, 3.63) is 48.5 Å². The van der Waals surface area contributed by atoms with Gasteiger partial charge in [0.2, 0.25) is 14.7 Å². The summed E-state index contributed by atoms with van der Waals surface area (Å²) in [5.41, 5.74) is -0.794. The van der Waals surface area contributed by atoms with Crippen LogP contribution in [0.25, 0.3) is 0 Å². The highest BCUT2D eigenvalue weighted by Gasteiger charge is 2.30. The molecule has 0 aliphatic rings. The fraction of sp³-hybridized carbons (Fsp3) is 0.500. The van der Waals surface area contributed by atoms with E-state index in [1.54, 1.807) is 76.2 Å². The summed E-state index contributed by atoms with van der Waals surface area (Å²) >= 11 is 0. The quantitative estimate of drug-likeness (QED) is 0.273. The minimum atomic E-state index is -3.50. The van der Waals surface area contributed by atoms with Gasteiger partial charge in [0.25, 0.3) is 0 Å². The second-order valence-electron chi connectivity index (χ2n) is 8.29. The number of ether oxygens (including phenoxy) is 4.